The first-order chi connectivity index (χ1) is 12.3. The molecule has 0 amide bonds. The van der Waals surface area contributed by atoms with E-state index in [1.54, 1.807) is 0 Å². The Hall–Kier alpha value is -2.17. The summed E-state index contributed by atoms with van der Waals surface area (Å²) in [6, 6.07) is 13.2. The van der Waals surface area contributed by atoms with E-state index >= 15 is 0 Å². The van der Waals surface area contributed by atoms with Crippen molar-refractivity contribution in [3.05, 3.63) is 65.6 Å². The first-order valence-electron chi connectivity index (χ1n) is 9.21. The molecule has 0 aliphatic carbocycles. The highest BCUT2D eigenvalue weighted by atomic mass is 15.3. The summed E-state index contributed by atoms with van der Waals surface area (Å²) in [5, 5.41) is 1.33. The smallest absolute Gasteiger partial charge is 0.0641 e. The molecule has 2 aromatic heterocycles. The summed E-state index contributed by atoms with van der Waals surface area (Å²) in [6.45, 7) is 10.0. The van der Waals surface area contributed by atoms with Crippen LogP contribution in [0.5, 0.6) is 0 Å². The van der Waals surface area contributed by atoms with Crippen LogP contribution in [0.2, 0.25) is 0 Å². The van der Waals surface area contributed by atoms with E-state index in [0.717, 1.165) is 32.7 Å². The third-order valence-corrected chi connectivity index (χ3v) is 5.44. The number of pyridine rings is 1. The third kappa shape index (κ3) is 3.08. The minimum Gasteiger partial charge on any atom is -0.358 e. The lowest BCUT2D eigenvalue weighted by Gasteiger charge is -2.39. The van der Waals surface area contributed by atoms with E-state index in [2.05, 4.69) is 70.0 Å². The fourth-order valence-corrected chi connectivity index (χ4v) is 4.09. The summed E-state index contributed by atoms with van der Waals surface area (Å²) in [7, 11) is 0. The van der Waals surface area contributed by atoms with Crippen molar-refractivity contribution in [2.24, 2.45) is 0 Å². The molecule has 1 fully saturated rings. The average Bonchev–Trinajstić information content (AvgIpc) is 3.00. The summed E-state index contributed by atoms with van der Waals surface area (Å²) < 4.78 is 0. The maximum Gasteiger partial charge on any atom is 0.0641 e. The van der Waals surface area contributed by atoms with Gasteiger partial charge in [0.15, 0.2) is 0 Å². The maximum absolute atomic E-state index is 4.40. The highest BCUT2D eigenvalue weighted by Gasteiger charge is 2.29. The van der Waals surface area contributed by atoms with Crippen molar-refractivity contribution in [1.29, 1.82) is 0 Å². The molecule has 4 nitrogen and oxygen atoms in total. The second-order valence-electron chi connectivity index (χ2n) is 6.87. The summed E-state index contributed by atoms with van der Waals surface area (Å²) in [5.41, 5.74) is 5.15. The van der Waals surface area contributed by atoms with Crippen LogP contribution in [0, 0.1) is 6.92 Å². The van der Waals surface area contributed by atoms with Crippen LogP contribution in [0.1, 0.15) is 29.8 Å². The zero-order chi connectivity index (χ0) is 17.2. The van der Waals surface area contributed by atoms with Crippen LogP contribution in [-0.2, 0) is 0 Å². The molecule has 3 aromatic rings. The van der Waals surface area contributed by atoms with Crippen LogP contribution >= 0.6 is 0 Å². The fraction of sp³-hybridized carbons (Fsp3) is 0.381. The number of hydrogen-bond acceptors (Lipinski definition) is 3. The van der Waals surface area contributed by atoms with Gasteiger partial charge in [-0.2, -0.15) is 0 Å². The third-order valence-electron chi connectivity index (χ3n) is 5.44. The molecular formula is C21H26N4. The number of para-hydroxylation sites is 1. The Morgan fingerprint density at radius 1 is 1.08 bits per heavy atom. The van der Waals surface area contributed by atoms with E-state index < -0.39 is 0 Å². The Balaban J connectivity index is 1.79. The van der Waals surface area contributed by atoms with E-state index in [1.165, 1.54) is 27.7 Å². The minimum atomic E-state index is 0.254. The van der Waals surface area contributed by atoms with Gasteiger partial charge in [0.05, 0.1) is 6.04 Å². The number of piperazine rings is 1. The number of aryl methyl sites for hydroxylation is 1. The molecule has 1 saturated heterocycles. The number of hydrogen-bond donors (Lipinski definition) is 1. The van der Waals surface area contributed by atoms with Crippen LogP contribution < -0.4 is 0 Å². The molecule has 1 N–H and O–H groups in total. The molecule has 0 radical (unpaired) electrons. The first-order valence-corrected chi connectivity index (χ1v) is 9.21. The predicted molar refractivity (Wildman–Crippen MR) is 103 cm³/mol. The molecule has 1 unspecified atom stereocenters. The molecule has 3 heterocycles. The Morgan fingerprint density at radius 3 is 2.60 bits per heavy atom. The van der Waals surface area contributed by atoms with Gasteiger partial charge in [0.25, 0.3) is 0 Å². The number of fused-ring (bicyclic) bond motifs is 1. The van der Waals surface area contributed by atoms with Gasteiger partial charge < -0.3 is 9.88 Å². The molecule has 1 aromatic carbocycles. The number of aromatic nitrogens is 2. The Morgan fingerprint density at radius 2 is 1.88 bits per heavy atom. The predicted octanol–water partition coefficient (Wildman–Crippen LogP) is 3.60. The average molecular weight is 334 g/mol. The molecule has 0 bridgehead atoms. The maximum atomic E-state index is 4.40. The van der Waals surface area contributed by atoms with Gasteiger partial charge in [0.2, 0.25) is 0 Å². The van der Waals surface area contributed by atoms with Gasteiger partial charge in [-0.3, -0.25) is 9.88 Å². The molecule has 0 saturated carbocycles. The van der Waals surface area contributed by atoms with Gasteiger partial charge in [-0.25, -0.2) is 0 Å². The fourth-order valence-electron chi connectivity index (χ4n) is 4.09. The molecule has 130 valence electrons. The number of nitrogens with one attached hydrogen (secondary N) is 1. The minimum absolute atomic E-state index is 0.254. The molecule has 25 heavy (non-hydrogen) atoms. The Bertz CT molecular complexity index is 831. The molecule has 1 aliphatic heterocycles. The molecule has 4 heteroatoms. The number of aromatic amines is 1. The van der Waals surface area contributed by atoms with Crippen molar-refractivity contribution in [3.8, 4) is 0 Å². The zero-order valence-electron chi connectivity index (χ0n) is 15.1. The number of rotatable bonds is 4. The molecule has 0 spiro atoms. The number of benzene rings is 1. The van der Waals surface area contributed by atoms with Crippen molar-refractivity contribution in [1.82, 2.24) is 19.8 Å². The van der Waals surface area contributed by atoms with E-state index in [-0.39, 0.29) is 6.04 Å². The highest BCUT2D eigenvalue weighted by Crippen LogP contribution is 2.36. The number of likely N-dealkylation sites (N-methyl/N-ethyl adjacent to an activating group) is 1. The van der Waals surface area contributed by atoms with Crippen molar-refractivity contribution >= 4 is 10.9 Å². The quantitative estimate of drug-likeness (QED) is 0.792. The van der Waals surface area contributed by atoms with Gasteiger partial charge in [-0.1, -0.05) is 31.2 Å². The van der Waals surface area contributed by atoms with Crippen LogP contribution in [0.25, 0.3) is 10.9 Å². The van der Waals surface area contributed by atoms with E-state index in [1.807, 2.05) is 12.4 Å². The first kappa shape index (κ1) is 16.3. The topological polar surface area (TPSA) is 35.2 Å². The molecule has 1 atom stereocenters. The zero-order valence-corrected chi connectivity index (χ0v) is 15.1. The lowest BCUT2D eigenvalue weighted by Crippen LogP contribution is -2.47. The SMILES string of the molecule is CCN1CCN(C(c2cccnc2)c2c(C)[nH]c3ccccc23)CC1. The van der Waals surface area contributed by atoms with E-state index in [9.17, 15) is 0 Å². The number of H-pyrrole nitrogens is 1. The van der Waals surface area contributed by atoms with E-state index in [0.29, 0.717) is 0 Å². The monoisotopic (exact) mass is 334 g/mol. The van der Waals surface area contributed by atoms with Crippen LogP contribution in [-0.4, -0.2) is 52.5 Å². The summed E-state index contributed by atoms with van der Waals surface area (Å²) >= 11 is 0. The lowest BCUT2D eigenvalue weighted by molar-refractivity contribution is 0.113. The van der Waals surface area contributed by atoms with Crippen molar-refractivity contribution in [3.63, 3.8) is 0 Å². The molecular weight excluding hydrogens is 308 g/mol. The highest BCUT2D eigenvalue weighted by molar-refractivity contribution is 5.85. The lowest BCUT2D eigenvalue weighted by atomic mass is 9.95. The summed E-state index contributed by atoms with van der Waals surface area (Å²) in [4.78, 5) is 13.1. The normalized spacial score (nSPS) is 17.8. The Labute approximate surface area is 149 Å². The van der Waals surface area contributed by atoms with Gasteiger partial charge in [0.1, 0.15) is 0 Å². The van der Waals surface area contributed by atoms with E-state index in [4.69, 9.17) is 0 Å². The van der Waals surface area contributed by atoms with Gasteiger partial charge in [-0.05, 0) is 31.2 Å². The van der Waals surface area contributed by atoms with Gasteiger partial charge in [-0.15, -0.1) is 0 Å². The largest absolute Gasteiger partial charge is 0.358 e. The molecule has 1 aliphatic rings. The second kappa shape index (κ2) is 6.98. The van der Waals surface area contributed by atoms with Crippen molar-refractivity contribution < 1.29 is 0 Å². The van der Waals surface area contributed by atoms with Gasteiger partial charge in [0, 0.05) is 60.7 Å². The van der Waals surface area contributed by atoms with Crippen LogP contribution in [0.3, 0.4) is 0 Å². The van der Waals surface area contributed by atoms with Crippen LogP contribution in [0.4, 0.5) is 0 Å². The van der Waals surface area contributed by atoms with Crippen LogP contribution in [0.15, 0.2) is 48.8 Å². The standard InChI is InChI=1S/C21H26N4/c1-3-24-11-13-25(14-12-24)21(17-7-6-10-22-15-17)20-16(2)23-19-9-5-4-8-18(19)20/h4-10,15,21,23H,3,11-14H2,1-2H3. The van der Waals surface area contributed by atoms with Gasteiger partial charge >= 0.3 is 0 Å². The van der Waals surface area contributed by atoms with Crippen molar-refractivity contribution in [2.75, 3.05) is 32.7 Å². The summed E-state index contributed by atoms with van der Waals surface area (Å²) in [5.74, 6) is 0. The second-order valence-corrected chi connectivity index (χ2v) is 6.87. The van der Waals surface area contributed by atoms with Crippen molar-refractivity contribution in [2.45, 2.75) is 19.9 Å². The molecule has 4 rings (SSSR count). The number of nitrogens with zero attached hydrogens (tertiary/aromatic N) is 3. The summed E-state index contributed by atoms with van der Waals surface area (Å²) in [6.07, 6.45) is 3.88. The Kier molecular flexibility index (Phi) is 4.55.